The zero-order chi connectivity index (χ0) is 12.8. The van der Waals surface area contributed by atoms with E-state index in [0.717, 1.165) is 25.1 Å². The predicted molar refractivity (Wildman–Crippen MR) is 74.6 cm³/mol. The molecule has 3 aliphatic rings. The van der Waals surface area contributed by atoms with Crippen molar-refractivity contribution in [3.8, 4) is 12.3 Å². The lowest BCUT2D eigenvalue weighted by Gasteiger charge is -2.35. The van der Waals surface area contributed by atoms with Crippen LogP contribution < -0.4 is 4.90 Å². The van der Waals surface area contributed by atoms with Crippen LogP contribution in [0.5, 0.6) is 0 Å². The van der Waals surface area contributed by atoms with Gasteiger partial charge in [0.15, 0.2) is 0 Å². The molecule has 2 aliphatic heterocycles. The number of terminal acetylenes is 1. The van der Waals surface area contributed by atoms with Crippen molar-refractivity contribution in [2.24, 2.45) is 5.41 Å². The van der Waals surface area contributed by atoms with Gasteiger partial charge in [0.25, 0.3) is 0 Å². The van der Waals surface area contributed by atoms with Crippen LogP contribution in [0.1, 0.15) is 37.4 Å². The Morgan fingerprint density at radius 1 is 1.50 bits per heavy atom. The molecule has 0 unspecified atom stereocenters. The SMILES string of the molecule is C#CCC12CC(C1)N(c1nc(C)ccc1CC)C2. The first-order valence-corrected chi connectivity index (χ1v) is 6.84. The molecular weight excluding hydrogens is 220 g/mol. The second-order valence-corrected chi connectivity index (χ2v) is 5.86. The molecule has 0 N–H and O–H groups in total. The summed E-state index contributed by atoms with van der Waals surface area (Å²) in [5.41, 5.74) is 2.87. The van der Waals surface area contributed by atoms with Crippen LogP contribution in [0.15, 0.2) is 12.1 Å². The average molecular weight is 240 g/mol. The summed E-state index contributed by atoms with van der Waals surface area (Å²) in [6.45, 7) is 5.37. The Balaban J connectivity index is 1.90. The fourth-order valence-corrected chi connectivity index (χ4v) is 3.54. The van der Waals surface area contributed by atoms with E-state index in [9.17, 15) is 0 Å². The standard InChI is InChI=1S/C16H20N2/c1-4-8-16-9-14(10-16)18(11-16)15-13(5-2)7-6-12(3)17-15/h1,6-7,14H,5,8-11H2,2-3H3. The normalized spacial score (nSPS) is 28.9. The summed E-state index contributed by atoms with van der Waals surface area (Å²) in [7, 11) is 0. The van der Waals surface area contributed by atoms with Crippen LogP contribution in [0.4, 0.5) is 5.82 Å². The third-order valence-electron chi connectivity index (χ3n) is 4.51. The molecule has 1 aromatic rings. The highest BCUT2D eigenvalue weighted by atomic mass is 15.3. The number of anilines is 1. The van der Waals surface area contributed by atoms with Gasteiger partial charge in [0.1, 0.15) is 5.82 Å². The Hall–Kier alpha value is -1.49. The number of fused-ring (bicyclic) bond motifs is 1. The summed E-state index contributed by atoms with van der Waals surface area (Å²) < 4.78 is 0. The van der Waals surface area contributed by atoms with Crippen molar-refractivity contribution in [1.29, 1.82) is 0 Å². The van der Waals surface area contributed by atoms with Gasteiger partial charge in [0.05, 0.1) is 0 Å². The van der Waals surface area contributed by atoms with E-state index in [1.165, 1.54) is 24.2 Å². The minimum absolute atomic E-state index is 0.399. The molecule has 2 nitrogen and oxygen atoms in total. The molecule has 0 aromatic carbocycles. The molecule has 3 heterocycles. The first-order chi connectivity index (χ1) is 8.67. The minimum atomic E-state index is 0.399. The van der Waals surface area contributed by atoms with E-state index in [-0.39, 0.29) is 0 Å². The molecular formula is C16H20N2. The molecule has 0 amide bonds. The Kier molecular flexibility index (Phi) is 2.59. The Morgan fingerprint density at radius 2 is 2.28 bits per heavy atom. The van der Waals surface area contributed by atoms with E-state index in [1.807, 2.05) is 0 Å². The van der Waals surface area contributed by atoms with E-state index in [1.54, 1.807) is 0 Å². The second kappa shape index (κ2) is 4.02. The van der Waals surface area contributed by atoms with Crippen molar-refractivity contribution >= 4 is 5.82 Å². The summed E-state index contributed by atoms with van der Waals surface area (Å²) in [6, 6.07) is 5.01. The van der Waals surface area contributed by atoms with Crippen molar-refractivity contribution in [2.45, 2.75) is 45.6 Å². The fraction of sp³-hybridized carbons (Fsp3) is 0.562. The zero-order valence-electron chi connectivity index (χ0n) is 11.2. The number of nitrogens with zero attached hydrogens (tertiary/aromatic N) is 2. The lowest BCUT2D eigenvalue weighted by Crippen LogP contribution is -2.34. The number of hydrogen-bond acceptors (Lipinski definition) is 2. The largest absolute Gasteiger partial charge is 0.353 e. The van der Waals surface area contributed by atoms with E-state index >= 15 is 0 Å². The van der Waals surface area contributed by atoms with Gasteiger partial charge in [0.2, 0.25) is 0 Å². The number of hydrogen-bond donors (Lipinski definition) is 0. The lowest BCUT2D eigenvalue weighted by molar-refractivity contribution is 0.206. The first kappa shape index (κ1) is 11.6. The summed E-state index contributed by atoms with van der Waals surface area (Å²) >= 11 is 0. The highest BCUT2D eigenvalue weighted by Crippen LogP contribution is 2.55. The molecule has 1 aliphatic carbocycles. The predicted octanol–water partition coefficient (Wildman–Crippen LogP) is 2.94. The Bertz CT molecular complexity index is 506. The molecule has 3 fully saturated rings. The third kappa shape index (κ3) is 1.61. The van der Waals surface area contributed by atoms with E-state index in [4.69, 9.17) is 11.4 Å². The van der Waals surface area contributed by atoms with Gasteiger partial charge in [-0.3, -0.25) is 0 Å². The number of aromatic nitrogens is 1. The maximum atomic E-state index is 5.50. The minimum Gasteiger partial charge on any atom is -0.353 e. The topological polar surface area (TPSA) is 16.1 Å². The Labute approximate surface area is 109 Å². The van der Waals surface area contributed by atoms with Crippen LogP contribution in [-0.4, -0.2) is 17.6 Å². The van der Waals surface area contributed by atoms with Gasteiger partial charge < -0.3 is 4.90 Å². The summed E-state index contributed by atoms with van der Waals surface area (Å²) in [5.74, 6) is 4.06. The highest BCUT2D eigenvalue weighted by Gasteiger charge is 2.55. The molecule has 2 saturated heterocycles. The van der Waals surface area contributed by atoms with Crippen LogP contribution in [0.2, 0.25) is 0 Å². The molecule has 1 saturated carbocycles. The third-order valence-corrected chi connectivity index (χ3v) is 4.51. The first-order valence-electron chi connectivity index (χ1n) is 6.84. The molecule has 94 valence electrons. The lowest BCUT2D eigenvalue weighted by atomic mass is 9.68. The van der Waals surface area contributed by atoms with Gasteiger partial charge in [-0.2, -0.15) is 0 Å². The van der Waals surface area contributed by atoms with Gasteiger partial charge in [-0.25, -0.2) is 4.98 Å². The summed E-state index contributed by atoms with van der Waals surface area (Å²) in [5, 5.41) is 0. The number of pyridine rings is 1. The van der Waals surface area contributed by atoms with Gasteiger partial charge in [0, 0.05) is 30.1 Å². The van der Waals surface area contributed by atoms with E-state index < -0.39 is 0 Å². The van der Waals surface area contributed by atoms with E-state index in [0.29, 0.717) is 11.5 Å². The molecule has 18 heavy (non-hydrogen) atoms. The van der Waals surface area contributed by atoms with Gasteiger partial charge in [-0.15, -0.1) is 12.3 Å². The molecule has 0 radical (unpaired) electrons. The van der Waals surface area contributed by atoms with Crippen molar-refractivity contribution in [3.05, 3.63) is 23.4 Å². The van der Waals surface area contributed by atoms with Crippen LogP contribution in [0.3, 0.4) is 0 Å². The molecule has 2 heteroatoms. The maximum Gasteiger partial charge on any atom is 0.132 e. The second-order valence-electron chi connectivity index (χ2n) is 5.86. The monoisotopic (exact) mass is 240 g/mol. The highest BCUT2D eigenvalue weighted by molar-refractivity contribution is 5.52. The van der Waals surface area contributed by atoms with Crippen molar-refractivity contribution in [2.75, 3.05) is 11.4 Å². The zero-order valence-corrected chi connectivity index (χ0v) is 11.2. The molecule has 4 rings (SSSR count). The molecule has 2 bridgehead atoms. The van der Waals surface area contributed by atoms with Gasteiger partial charge in [-0.1, -0.05) is 13.0 Å². The average Bonchev–Trinajstić information content (AvgIpc) is 2.84. The number of rotatable bonds is 3. The fourth-order valence-electron chi connectivity index (χ4n) is 3.54. The van der Waals surface area contributed by atoms with E-state index in [2.05, 4.69) is 36.8 Å². The quantitative estimate of drug-likeness (QED) is 0.755. The summed E-state index contributed by atoms with van der Waals surface area (Å²) in [4.78, 5) is 7.27. The molecule has 1 aromatic heterocycles. The van der Waals surface area contributed by atoms with Crippen LogP contribution in [-0.2, 0) is 6.42 Å². The van der Waals surface area contributed by atoms with Crippen molar-refractivity contribution in [1.82, 2.24) is 4.98 Å². The van der Waals surface area contributed by atoms with Crippen LogP contribution in [0, 0.1) is 24.7 Å². The molecule has 0 atom stereocenters. The summed E-state index contributed by atoms with van der Waals surface area (Å²) in [6.07, 6.45) is 9.99. The van der Waals surface area contributed by atoms with Crippen molar-refractivity contribution in [3.63, 3.8) is 0 Å². The Morgan fingerprint density at radius 3 is 2.94 bits per heavy atom. The van der Waals surface area contributed by atoms with Gasteiger partial charge >= 0.3 is 0 Å². The van der Waals surface area contributed by atoms with Crippen LogP contribution in [0.25, 0.3) is 0 Å². The maximum absolute atomic E-state index is 5.50. The smallest absolute Gasteiger partial charge is 0.132 e. The van der Waals surface area contributed by atoms with Crippen LogP contribution >= 0.6 is 0 Å². The number of aryl methyl sites for hydroxylation is 2. The molecule has 0 spiro atoms. The van der Waals surface area contributed by atoms with Gasteiger partial charge in [-0.05, 0) is 37.8 Å². The van der Waals surface area contributed by atoms with Crippen molar-refractivity contribution < 1.29 is 0 Å².